The van der Waals surface area contributed by atoms with Crippen molar-refractivity contribution in [2.45, 2.75) is 19.6 Å². The van der Waals surface area contributed by atoms with Crippen molar-refractivity contribution < 1.29 is 9.90 Å². The molecule has 0 amide bonds. The van der Waals surface area contributed by atoms with Gasteiger partial charge in [0.05, 0.1) is 5.56 Å². The number of carbonyl (C=O) groups is 1. The summed E-state index contributed by atoms with van der Waals surface area (Å²) in [6, 6.07) is 9.39. The Labute approximate surface area is 111 Å². The predicted octanol–water partition coefficient (Wildman–Crippen LogP) is 2.30. The van der Waals surface area contributed by atoms with Crippen LogP contribution >= 0.6 is 0 Å². The zero-order valence-electron chi connectivity index (χ0n) is 10.4. The Bertz CT molecular complexity index is 611. The first-order valence-electron chi connectivity index (χ1n) is 6.19. The molecule has 0 atom stereocenters. The fourth-order valence-corrected chi connectivity index (χ4v) is 2.46. The highest BCUT2D eigenvalue weighted by Gasteiger charge is 2.20. The molecule has 1 aromatic heterocycles. The lowest BCUT2D eigenvalue weighted by molar-refractivity contribution is 0.0696. The van der Waals surface area contributed by atoms with Gasteiger partial charge in [-0.2, -0.15) is 0 Å². The summed E-state index contributed by atoms with van der Waals surface area (Å²) in [5, 5.41) is 9.00. The molecule has 1 aromatic carbocycles. The van der Waals surface area contributed by atoms with Gasteiger partial charge in [-0.05, 0) is 41.0 Å². The number of carboxylic acids is 1. The molecule has 1 aliphatic rings. The van der Waals surface area contributed by atoms with E-state index in [4.69, 9.17) is 5.11 Å². The van der Waals surface area contributed by atoms with Crippen LogP contribution in [0.25, 0.3) is 0 Å². The standard InChI is InChI=1S/C15H14N2O2/c18-15(19)12-1-2-13-9-17(10-14(13)7-12)8-11-3-5-16-6-4-11/h1-7H,8-10H2,(H,18,19). The van der Waals surface area contributed by atoms with E-state index in [-0.39, 0.29) is 0 Å². The van der Waals surface area contributed by atoms with Crippen molar-refractivity contribution in [3.8, 4) is 0 Å². The average molecular weight is 254 g/mol. The third-order valence-electron chi connectivity index (χ3n) is 3.40. The lowest BCUT2D eigenvalue weighted by Gasteiger charge is -2.14. The second-order valence-corrected chi connectivity index (χ2v) is 4.79. The number of nitrogens with zero attached hydrogens (tertiary/aromatic N) is 2. The number of carboxylic acid groups (broad SMARTS) is 1. The molecule has 0 bridgehead atoms. The molecule has 0 radical (unpaired) electrons. The Morgan fingerprint density at radius 1 is 1.16 bits per heavy atom. The van der Waals surface area contributed by atoms with Gasteiger partial charge in [0.15, 0.2) is 0 Å². The third-order valence-corrected chi connectivity index (χ3v) is 3.40. The molecule has 1 N–H and O–H groups in total. The smallest absolute Gasteiger partial charge is 0.335 e. The van der Waals surface area contributed by atoms with Crippen molar-refractivity contribution in [2.24, 2.45) is 0 Å². The molecule has 0 unspecified atom stereocenters. The molecule has 0 spiro atoms. The Morgan fingerprint density at radius 2 is 1.89 bits per heavy atom. The van der Waals surface area contributed by atoms with Crippen molar-refractivity contribution in [1.29, 1.82) is 0 Å². The van der Waals surface area contributed by atoms with Gasteiger partial charge in [0, 0.05) is 32.0 Å². The van der Waals surface area contributed by atoms with Crippen LogP contribution in [0.5, 0.6) is 0 Å². The van der Waals surface area contributed by atoms with Crippen LogP contribution in [-0.2, 0) is 19.6 Å². The van der Waals surface area contributed by atoms with E-state index in [0.29, 0.717) is 5.56 Å². The Morgan fingerprint density at radius 3 is 2.63 bits per heavy atom. The average Bonchev–Trinajstić information content (AvgIpc) is 2.80. The minimum atomic E-state index is -0.865. The van der Waals surface area contributed by atoms with Crippen LogP contribution in [0.4, 0.5) is 0 Å². The second-order valence-electron chi connectivity index (χ2n) is 4.79. The Hall–Kier alpha value is -2.20. The highest BCUT2D eigenvalue weighted by molar-refractivity contribution is 5.87. The van der Waals surface area contributed by atoms with E-state index in [9.17, 15) is 4.79 Å². The molecule has 0 aliphatic carbocycles. The van der Waals surface area contributed by atoms with Crippen LogP contribution in [0.1, 0.15) is 27.0 Å². The highest BCUT2D eigenvalue weighted by atomic mass is 16.4. The molecule has 19 heavy (non-hydrogen) atoms. The maximum Gasteiger partial charge on any atom is 0.335 e. The van der Waals surface area contributed by atoms with Gasteiger partial charge in [0.25, 0.3) is 0 Å². The van der Waals surface area contributed by atoms with E-state index in [1.54, 1.807) is 24.5 Å². The van der Waals surface area contributed by atoms with Crippen LogP contribution < -0.4 is 0 Å². The fourth-order valence-electron chi connectivity index (χ4n) is 2.46. The first kappa shape index (κ1) is 11.9. The zero-order valence-corrected chi connectivity index (χ0v) is 10.4. The summed E-state index contributed by atoms with van der Waals surface area (Å²) in [4.78, 5) is 17.3. The quantitative estimate of drug-likeness (QED) is 0.913. The molecule has 3 rings (SSSR count). The summed E-state index contributed by atoms with van der Waals surface area (Å²) in [6.07, 6.45) is 3.59. The summed E-state index contributed by atoms with van der Waals surface area (Å²) >= 11 is 0. The van der Waals surface area contributed by atoms with Gasteiger partial charge in [0.2, 0.25) is 0 Å². The first-order valence-corrected chi connectivity index (χ1v) is 6.19. The van der Waals surface area contributed by atoms with Crippen molar-refractivity contribution in [1.82, 2.24) is 9.88 Å². The molecule has 96 valence electrons. The number of fused-ring (bicyclic) bond motifs is 1. The Kier molecular flexibility index (Phi) is 3.01. The third kappa shape index (κ3) is 2.48. The van der Waals surface area contributed by atoms with Crippen LogP contribution in [0, 0.1) is 0 Å². The maximum absolute atomic E-state index is 11.0. The van der Waals surface area contributed by atoms with E-state index in [2.05, 4.69) is 9.88 Å². The number of hydrogen-bond donors (Lipinski definition) is 1. The number of aromatic nitrogens is 1. The van der Waals surface area contributed by atoms with Crippen molar-refractivity contribution in [3.63, 3.8) is 0 Å². The summed E-state index contributed by atoms with van der Waals surface area (Å²) in [7, 11) is 0. The summed E-state index contributed by atoms with van der Waals surface area (Å²) in [5.74, 6) is -0.865. The molecule has 1 aliphatic heterocycles. The van der Waals surface area contributed by atoms with E-state index in [0.717, 1.165) is 25.2 Å². The van der Waals surface area contributed by atoms with E-state index >= 15 is 0 Å². The predicted molar refractivity (Wildman–Crippen MR) is 70.6 cm³/mol. The zero-order chi connectivity index (χ0) is 13.2. The molecular formula is C15H14N2O2. The topological polar surface area (TPSA) is 53.4 Å². The van der Waals surface area contributed by atoms with Gasteiger partial charge >= 0.3 is 5.97 Å². The fraction of sp³-hybridized carbons (Fsp3) is 0.200. The van der Waals surface area contributed by atoms with Gasteiger partial charge in [-0.3, -0.25) is 9.88 Å². The molecule has 0 saturated carbocycles. The SMILES string of the molecule is O=C(O)c1ccc2c(c1)CN(Cc1ccncc1)C2. The number of rotatable bonds is 3. The van der Waals surface area contributed by atoms with Gasteiger partial charge in [-0.1, -0.05) is 6.07 Å². The van der Waals surface area contributed by atoms with Crippen LogP contribution in [0.15, 0.2) is 42.7 Å². The normalized spacial score (nSPS) is 14.3. The number of pyridine rings is 1. The van der Waals surface area contributed by atoms with Gasteiger partial charge in [-0.25, -0.2) is 4.79 Å². The molecule has 0 fully saturated rings. The minimum Gasteiger partial charge on any atom is -0.478 e. The molecule has 0 saturated heterocycles. The molecule has 2 heterocycles. The molecule has 4 nitrogen and oxygen atoms in total. The number of benzene rings is 1. The summed E-state index contributed by atoms with van der Waals surface area (Å²) < 4.78 is 0. The monoisotopic (exact) mass is 254 g/mol. The van der Waals surface area contributed by atoms with Crippen LogP contribution in [0.2, 0.25) is 0 Å². The minimum absolute atomic E-state index is 0.365. The largest absolute Gasteiger partial charge is 0.478 e. The van der Waals surface area contributed by atoms with E-state index in [1.807, 2.05) is 18.2 Å². The van der Waals surface area contributed by atoms with Gasteiger partial charge < -0.3 is 5.11 Å². The van der Waals surface area contributed by atoms with Gasteiger partial charge in [0.1, 0.15) is 0 Å². The second kappa shape index (κ2) is 4.82. The molecule has 2 aromatic rings. The first-order chi connectivity index (χ1) is 9.22. The highest BCUT2D eigenvalue weighted by Crippen LogP contribution is 2.25. The van der Waals surface area contributed by atoms with Gasteiger partial charge in [-0.15, -0.1) is 0 Å². The van der Waals surface area contributed by atoms with Crippen LogP contribution in [0.3, 0.4) is 0 Å². The van der Waals surface area contributed by atoms with Crippen molar-refractivity contribution >= 4 is 5.97 Å². The van der Waals surface area contributed by atoms with Crippen molar-refractivity contribution in [3.05, 3.63) is 65.0 Å². The Balaban J connectivity index is 1.75. The summed E-state index contributed by atoms with van der Waals surface area (Å²) in [6.45, 7) is 2.54. The van der Waals surface area contributed by atoms with E-state index in [1.165, 1.54) is 11.1 Å². The molecular weight excluding hydrogens is 240 g/mol. The summed E-state index contributed by atoms with van der Waals surface area (Å²) in [5.41, 5.74) is 3.93. The van der Waals surface area contributed by atoms with Crippen molar-refractivity contribution in [2.75, 3.05) is 0 Å². The van der Waals surface area contributed by atoms with E-state index < -0.39 is 5.97 Å². The lowest BCUT2D eigenvalue weighted by atomic mass is 10.1. The maximum atomic E-state index is 11.0. The number of aromatic carboxylic acids is 1. The lowest BCUT2D eigenvalue weighted by Crippen LogP contribution is -2.15. The number of hydrogen-bond acceptors (Lipinski definition) is 3. The van der Waals surface area contributed by atoms with Crippen LogP contribution in [-0.4, -0.2) is 21.0 Å². The molecule has 4 heteroatoms.